The summed E-state index contributed by atoms with van der Waals surface area (Å²) in [4.78, 5) is 7.07. The lowest BCUT2D eigenvalue weighted by Gasteiger charge is -2.22. The summed E-state index contributed by atoms with van der Waals surface area (Å²) in [5.41, 5.74) is 5.03. The standard InChI is InChI=1S/C23H26N6/c1-4-13-24-23(25-16-22-27-26-17(2)28(22)3)29-14-12-20-15-19(10-11-21(20)29)18-8-6-5-7-9-18/h4-11,15H,1,12-14,16H2,2-3H3,(H,24,25). The van der Waals surface area contributed by atoms with Crippen LogP contribution in [0.1, 0.15) is 17.2 Å². The number of aryl methyl sites for hydroxylation is 1. The molecule has 0 saturated heterocycles. The van der Waals surface area contributed by atoms with Gasteiger partial charge in [-0.3, -0.25) is 0 Å². The van der Waals surface area contributed by atoms with E-state index >= 15 is 0 Å². The minimum absolute atomic E-state index is 0.477. The molecule has 0 atom stereocenters. The molecule has 148 valence electrons. The van der Waals surface area contributed by atoms with Crippen molar-refractivity contribution in [2.24, 2.45) is 12.0 Å². The van der Waals surface area contributed by atoms with Crippen molar-refractivity contribution < 1.29 is 0 Å². The van der Waals surface area contributed by atoms with Crippen LogP contribution in [0.25, 0.3) is 11.1 Å². The van der Waals surface area contributed by atoms with Gasteiger partial charge in [-0.25, -0.2) is 4.99 Å². The van der Waals surface area contributed by atoms with Crippen molar-refractivity contribution in [1.82, 2.24) is 20.1 Å². The number of rotatable bonds is 5. The predicted octanol–water partition coefficient (Wildman–Crippen LogP) is 3.48. The Morgan fingerprint density at radius 2 is 2.00 bits per heavy atom. The molecule has 6 nitrogen and oxygen atoms in total. The van der Waals surface area contributed by atoms with Crippen molar-refractivity contribution in [2.75, 3.05) is 18.0 Å². The van der Waals surface area contributed by atoms with E-state index < -0.39 is 0 Å². The maximum Gasteiger partial charge on any atom is 0.199 e. The van der Waals surface area contributed by atoms with E-state index in [-0.39, 0.29) is 0 Å². The van der Waals surface area contributed by atoms with Crippen LogP contribution < -0.4 is 10.2 Å². The first-order valence-electron chi connectivity index (χ1n) is 9.87. The third-order valence-corrected chi connectivity index (χ3v) is 5.30. The highest BCUT2D eigenvalue weighted by Crippen LogP contribution is 2.32. The Hall–Kier alpha value is -3.41. The second kappa shape index (κ2) is 8.31. The van der Waals surface area contributed by atoms with Gasteiger partial charge in [-0.2, -0.15) is 0 Å². The Balaban J connectivity index is 1.61. The van der Waals surface area contributed by atoms with Crippen LogP contribution in [0, 0.1) is 6.92 Å². The molecule has 2 heterocycles. The van der Waals surface area contributed by atoms with Crippen LogP contribution in [0.4, 0.5) is 5.69 Å². The number of fused-ring (bicyclic) bond motifs is 1. The van der Waals surface area contributed by atoms with E-state index in [4.69, 9.17) is 4.99 Å². The van der Waals surface area contributed by atoms with Gasteiger partial charge in [0.05, 0.1) is 0 Å². The smallest absolute Gasteiger partial charge is 0.199 e. The molecule has 1 aliphatic rings. The van der Waals surface area contributed by atoms with Crippen molar-refractivity contribution in [3.05, 3.63) is 78.4 Å². The fourth-order valence-corrected chi connectivity index (χ4v) is 3.57. The molecule has 1 N–H and O–H groups in total. The van der Waals surface area contributed by atoms with E-state index in [0.717, 1.165) is 30.6 Å². The van der Waals surface area contributed by atoms with Gasteiger partial charge in [0.1, 0.15) is 12.4 Å². The van der Waals surface area contributed by atoms with Crippen molar-refractivity contribution in [3.8, 4) is 11.1 Å². The highest BCUT2D eigenvalue weighted by atomic mass is 15.3. The summed E-state index contributed by atoms with van der Waals surface area (Å²) in [6.07, 6.45) is 2.84. The van der Waals surface area contributed by atoms with Crippen LogP contribution in [0.3, 0.4) is 0 Å². The number of benzene rings is 2. The Morgan fingerprint density at radius 1 is 1.17 bits per heavy atom. The van der Waals surface area contributed by atoms with Gasteiger partial charge in [0.25, 0.3) is 0 Å². The molecule has 0 fully saturated rings. The molecule has 6 heteroatoms. The molecule has 1 aliphatic heterocycles. The molecule has 0 bridgehead atoms. The van der Waals surface area contributed by atoms with Crippen LogP contribution in [0.5, 0.6) is 0 Å². The van der Waals surface area contributed by atoms with Gasteiger partial charge in [-0.1, -0.05) is 42.5 Å². The number of nitrogens with zero attached hydrogens (tertiary/aromatic N) is 5. The second-order valence-electron chi connectivity index (χ2n) is 7.14. The number of hydrogen-bond acceptors (Lipinski definition) is 3. The second-order valence-corrected chi connectivity index (χ2v) is 7.14. The monoisotopic (exact) mass is 386 g/mol. The average Bonchev–Trinajstić information content (AvgIpc) is 3.32. The van der Waals surface area contributed by atoms with E-state index in [2.05, 4.69) is 69.5 Å². The summed E-state index contributed by atoms with van der Waals surface area (Å²) in [6.45, 7) is 7.80. The molecule has 1 aromatic heterocycles. The molecular weight excluding hydrogens is 360 g/mol. The number of nitrogens with one attached hydrogen (secondary N) is 1. The van der Waals surface area contributed by atoms with Crippen LogP contribution in [0.15, 0.2) is 66.2 Å². The van der Waals surface area contributed by atoms with Crippen LogP contribution in [-0.4, -0.2) is 33.8 Å². The Morgan fingerprint density at radius 3 is 2.72 bits per heavy atom. The molecular formula is C23H26N6. The van der Waals surface area contributed by atoms with Crippen LogP contribution in [0.2, 0.25) is 0 Å². The Bertz CT molecular complexity index is 1030. The predicted molar refractivity (Wildman–Crippen MR) is 118 cm³/mol. The summed E-state index contributed by atoms with van der Waals surface area (Å²) >= 11 is 0. The molecule has 0 spiro atoms. The van der Waals surface area contributed by atoms with Gasteiger partial charge >= 0.3 is 0 Å². The molecule has 2 aromatic carbocycles. The SMILES string of the molecule is C=CCNC(=NCc1nnc(C)n1C)N1CCc2cc(-c3ccccc3)ccc21. The van der Waals surface area contributed by atoms with Crippen LogP contribution in [-0.2, 0) is 20.0 Å². The first kappa shape index (κ1) is 18.9. The van der Waals surface area contributed by atoms with Gasteiger partial charge in [-0.15, -0.1) is 16.8 Å². The summed E-state index contributed by atoms with van der Waals surface area (Å²) in [7, 11) is 1.97. The summed E-state index contributed by atoms with van der Waals surface area (Å²) in [5.74, 6) is 2.58. The maximum atomic E-state index is 4.83. The third kappa shape index (κ3) is 3.92. The van der Waals surface area contributed by atoms with E-state index in [1.54, 1.807) is 0 Å². The minimum atomic E-state index is 0.477. The molecule has 0 saturated carbocycles. The molecule has 29 heavy (non-hydrogen) atoms. The third-order valence-electron chi connectivity index (χ3n) is 5.30. The zero-order valence-corrected chi connectivity index (χ0v) is 17.0. The zero-order chi connectivity index (χ0) is 20.2. The molecule has 0 radical (unpaired) electrons. The lowest BCUT2D eigenvalue weighted by molar-refractivity contribution is 0.768. The summed E-state index contributed by atoms with van der Waals surface area (Å²) in [6, 6.07) is 17.2. The van der Waals surface area contributed by atoms with Gasteiger partial charge in [0.15, 0.2) is 11.8 Å². The first-order valence-corrected chi connectivity index (χ1v) is 9.87. The number of aromatic nitrogens is 3. The summed E-state index contributed by atoms with van der Waals surface area (Å²) in [5, 5.41) is 11.7. The minimum Gasteiger partial charge on any atom is -0.352 e. The van der Waals surface area contributed by atoms with Gasteiger partial charge < -0.3 is 14.8 Å². The Kier molecular flexibility index (Phi) is 5.42. The molecule has 4 rings (SSSR count). The average molecular weight is 387 g/mol. The summed E-state index contributed by atoms with van der Waals surface area (Å²) < 4.78 is 1.97. The van der Waals surface area contributed by atoms with Crippen LogP contribution >= 0.6 is 0 Å². The van der Waals surface area contributed by atoms with Gasteiger partial charge in [0, 0.05) is 25.8 Å². The zero-order valence-electron chi connectivity index (χ0n) is 17.0. The van der Waals surface area contributed by atoms with E-state index in [1.807, 2.05) is 30.7 Å². The number of guanidine groups is 1. The topological polar surface area (TPSA) is 58.3 Å². The van der Waals surface area contributed by atoms with Crippen molar-refractivity contribution in [1.29, 1.82) is 0 Å². The lowest BCUT2D eigenvalue weighted by atomic mass is 10.0. The molecule has 0 amide bonds. The van der Waals surface area contributed by atoms with E-state index in [9.17, 15) is 0 Å². The largest absolute Gasteiger partial charge is 0.352 e. The maximum absolute atomic E-state index is 4.83. The highest BCUT2D eigenvalue weighted by molar-refractivity contribution is 5.98. The Labute approximate surface area is 171 Å². The van der Waals surface area contributed by atoms with Crippen molar-refractivity contribution in [2.45, 2.75) is 19.9 Å². The number of anilines is 1. The van der Waals surface area contributed by atoms with Crippen molar-refractivity contribution in [3.63, 3.8) is 0 Å². The lowest BCUT2D eigenvalue weighted by Crippen LogP contribution is -2.40. The molecule has 0 aliphatic carbocycles. The van der Waals surface area contributed by atoms with E-state index in [1.165, 1.54) is 22.4 Å². The number of hydrogen-bond donors (Lipinski definition) is 1. The van der Waals surface area contributed by atoms with Crippen molar-refractivity contribution >= 4 is 11.6 Å². The fraction of sp³-hybridized carbons (Fsp3) is 0.261. The molecule has 3 aromatic rings. The first-order chi connectivity index (χ1) is 14.2. The highest BCUT2D eigenvalue weighted by Gasteiger charge is 2.23. The normalized spacial score (nSPS) is 13.4. The number of aliphatic imine (C=N–C) groups is 1. The molecule has 0 unspecified atom stereocenters. The fourth-order valence-electron chi connectivity index (χ4n) is 3.57. The quantitative estimate of drug-likeness (QED) is 0.414. The van der Waals surface area contributed by atoms with Gasteiger partial charge in [0.2, 0.25) is 0 Å². The van der Waals surface area contributed by atoms with E-state index in [0.29, 0.717) is 13.1 Å². The van der Waals surface area contributed by atoms with Gasteiger partial charge in [-0.05, 0) is 42.2 Å².